The van der Waals surface area contributed by atoms with Gasteiger partial charge in [-0.15, -0.1) is 0 Å². The van der Waals surface area contributed by atoms with Crippen molar-refractivity contribution in [3.05, 3.63) is 29.8 Å². The van der Waals surface area contributed by atoms with E-state index in [1.807, 2.05) is 7.05 Å². The van der Waals surface area contributed by atoms with Crippen LogP contribution in [-0.4, -0.2) is 61.6 Å². The van der Waals surface area contributed by atoms with E-state index in [4.69, 9.17) is 4.74 Å². The Hall–Kier alpha value is -2.08. The number of rotatable bonds is 3. The Kier molecular flexibility index (Phi) is 5.16. The molecule has 21 heavy (non-hydrogen) atoms. The van der Waals surface area contributed by atoms with Gasteiger partial charge in [-0.2, -0.15) is 0 Å². The molecule has 1 aliphatic rings. The zero-order chi connectivity index (χ0) is 15.2. The Morgan fingerprint density at radius 3 is 2.52 bits per heavy atom. The molecule has 6 nitrogen and oxygen atoms in total. The fraction of sp³-hybridized carbons (Fsp3) is 0.467. The van der Waals surface area contributed by atoms with Crippen LogP contribution in [0.1, 0.15) is 17.3 Å². The standard InChI is InChI=1S/C15H21N3O3/c1-3-21-14(19)12-6-4-5-7-13(12)16-15(20)18-10-8-17(2)9-11-18/h4-7H,3,8-11H2,1-2H3,(H,16,20). The molecular weight excluding hydrogens is 270 g/mol. The average molecular weight is 291 g/mol. The van der Waals surface area contributed by atoms with Crippen LogP contribution in [-0.2, 0) is 4.74 Å². The van der Waals surface area contributed by atoms with Gasteiger partial charge in [0.05, 0.1) is 17.9 Å². The molecule has 2 rings (SSSR count). The lowest BCUT2D eigenvalue weighted by atomic mass is 10.2. The summed E-state index contributed by atoms with van der Waals surface area (Å²) >= 11 is 0. The summed E-state index contributed by atoms with van der Waals surface area (Å²) in [4.78, 5) is 28.1. The van der Waals surface area contributed by atoms with Gasteiger partial charge in [0, 0.05) is 26.2 Å². The van der Waals surface area contributed by atoms with Crippen LogP contribution in [0.2, 0.25) is 0 Å². The number of benzene rings is 1. The number of carbonyl (C=O) groups excluding carboxylic acids is 2. The summed E-state index contributed by atoms with van der Waals surface area (Å²) in [6.45, 7) is 5.14. The minimum atomic E-state index is -0.424. The second-order valence-electron chi connectivity index (χ2n) is 4.99. The number of piperazine rings is 1. The highest BCUT2D eigenvalue weighted by molar-refractivity contribution is 6.00. The fourth-order valence-corrected chi connectivity index (χ4v) is 2.18. The smallest absolute Gasteiger partial charge is 0.340 e. The molecule has 0 bridgehead atoms. The maximum atomic E-state index is 12.3. The molecule has 1 heterocycles. The zero-order valence-electron chi connectivity index (χ0n) is 12.5. The fourth-order valence-electron chi connectivity index (χ4n) is 2.18. The second kappa shape index (κ2) is 7.08. The Bertz CT molecular complexity index is 511. The van der Waals surface area contributed by atoms with E-state index in [0.29, 0.717) is 30.9 Å². The molecule has 1 N–H and O–H groups in total. The van der Waals surface area contributed by atoms with Gasteiger partial charge in [-0.1, -0.05) is 12.1 Å². The lowest BCUT2D eigenvalue weighted by molar-refractivity contribution is 0.0527. The number of hydrogen-bond donors (Lipinski definition) is 1. The summed E-state index contributed by atoms with van der Waals surface area (Å²) < 4.78 is 5.00. The molecule has 1 saturated heterocycles. The first-order chi connectivity index (χ1) is 10.1. The van der Waals surface area contributed by atoms with Crippen molar-refractivity contribution in [3.8, 4) is 0 Å². The molecule has 1 aliphatic heterocycles. The van der Waals surface area contributed by atoms with Crippen LogP contribution in [0.15, 0.2) is 24.3 Å². The topological polar surface area (TPSA) is 61.9 Å². The summed E-state index contributed by atoms with van der Waals surface area (Å²) in [5.41, 5.74) is 0.863. The highest BCUT2D eigenvalue weighted by atomic mass is 16.5. The molecule has 114 valence electrons. The van der Waals surface area contributed by atoms with Gasteiger partial charge in [-0.05, 0) is 26.1 Å². The predicted molar refractivity (Wildman–Crippen MR) is 80.5 cm³/mol. The van der Waals surface area contributed by atoms with E-state index in [0.717, 1.165) is 13.1 Å². The van der Waals surface area contributed by atoms with Crippen LogP contribution < -0.4 is 5.32 Å². The van der Waals surface area contributed by atoms with Crippen molar-refractivity contribution >= 4 is 17.7 Å². The van der Waals surface area contributed by atoms with E-state index >= 15 is 0 Å². The van der Waals surface area contributed by atoms with Gasteiger partial charge in [0.1, 0.15) is 0 Å². The summed E-state index contributed by atoms with van der Waals surface area (Å²) in [6, 6.07) is 6.71. The maximum absolute atomic E-state index is 12.3. The minimum Gasteiger partial charge on any atom is -0.462 e. The van der Waals surface area contributed by atoms with E-state index in [9.17, 15) is 9.59 Å². The zero-order valence-corrected chi connectivity index (χ0v) is 12.5. The first-order valence-electron chi connectivity index (χ1n) is 7.12. The van der Waals surface area contributed by atoms with Gasteiger partial charge in [0.2, 0.25) is 0 Å². The molecule has 0 radical (unpaired) electrons. The molecule has 0 aliphatic carbocycles. The maximum Gasteiger partial charge on any atom is 0.340 e. The Morgan fingerprint density at radius 1 is 1.19 bits per heavy atom. The first-order valence-corrected chi connectivity index (χ1v) is 7.12. The summed E-state index contributed by atoms with van der Waals surface area (Å²) in [5, 5.41) is 2.80. The summed E-state index contributed by atoms with van der Waals surface area (Å²) in [6.07, 6.45) is 0. The van der Waals surface area contributed by atoms with Gasteiger partial charge in [-0.3, -0.25) is 0 Å². The average Bonchev–Trinajstić information content (AvgIpc) is 2.48. The number of anilines is 1. The number of ether oxygens (including phenoxy) is 1. The number of nitrogens with one attached hydrogen (secondary N) is 1. The number of amides is 2. The second-order valence-corrected chi connectivity index (χ2v) is 4.99. The van der Waals surface area contributed by atoms with Crippen molar-refractivity contribution < 1.29 is 14.3 Å². The number of urea groups is 1. The number of carbonyl (C=O) groups is 2. The lowest BCUT2D eigenvalue weighted by Crippen LogP contribution is -2.48. The van der Waals surface area contributed by atoms with Crippen LogP contribution >= 0.6 is 0 Å². The highest BCUT2D eigenvalue weighted by Gasteiger charge is 2.21. The molecule has 6 heteroatoms. The number of esters is 1. The van der Waals surface area contributed by atoms with Crippen LogP contribution in [0.5, 0.6) is 0 Å². The van der Waals surface area contributed by atoms with E-state index in [1.165, 1.54) is 0 Å². The summed E-state index contributed by atoms with van der Waals surface area (Å²) in [5.74, 6) is -0.424. The molecule has 1 aromatic rings. The molecular formula is C15H21N3O3. The van der Waals surface area contributed by atoms with Gasteiger partial charge >= 0.3 is 12.0 Å². The molecule has 0 saturated carbocycles. The Labute approximate surface area is 124 Å². The monoisotopic (exact) mass is 291 g/mol. The molecule has 0 unspecified atom stereocenters. The molecule has 0 spiro atoms. The largest absolute Gasteiger partial charge is 0.462 e. The first kappa shape index (κ1) is 15.3. The van der Waals surface area contributed by atoms with Crippen LogP contribution in [0.4, 0.5) is 10.5 Å². The van der Waals surface area contributed by atoms with Crippen molar-refractivity contribution in [1.29, 1.82) is 0 Å². The van der Waals surface area contributed by atoms with E-state index in [2.05, 4.69) is 10.2 Å². The van der Waals surface area contributed by atoms with Gasteiger partial charge in [-0.25, -0.2) is 9.59 Å². The van der Waals surface area contributed by atoms with E-state index < -0.39 is 5.97 Å². The van der Waals surface area contributed by atoms with Gasteiger partial charge in [0.15, 0.2) is 0 Å². The highest BCUT2D eigenvalue weighted by Crippen LogP contribution is 2.17. The van der Waals surface area contributed by atoms with Crippen molar-refractivity contribution in [3.63, 3.8) is 0 Å². The molecule has 0 atom stereocenters. The predicted octanol–water partition coefficient (Wildman–Crippen LogP) is 1.64. The third-order valence-corrected chi connectivity index (χ3v) is 3.45. The van der Waals surface area contributed by atoms with Crippen molar-refractivity contribution in [2.24, 2.45) is 0 Å². The van der Waals surface area contributed by atoms with Crippen molar-refractivity contribution in [2.75, 3.05) is 45.2 Å². The molecule has 1 aromatic carbocycles. The van der Waals surface area contributed by atoms with Gasteiger partial charge in [0.25, 0.3) is 0 Å². The number of hydrogen-bond acceptors (Lipinski definition) is 4. The minimum absolute atomic E-state index is 0.181. The van der Waals surface area contributed by atoms with Crippen molar-refractivity contribution in [2.45, 2.75) is 6.92 Å². The molecule has 0 aromatic heterocycles. The SMILES string of the molecule is CCOC(=O)c1ccccc1NC(=O)N1CCN(C)CC1. The normalized spacial score (nSPS) is 15.6. The number of nitrogens with zero attached hydrogens (tertiary/aromatic N) is 2. The third kappa shape index (κ3) is 3.95. The Balaban J connectivity index is 2.05. The molecule has 2 amide bonds. The molecule has 1 fully saturated rings. The van der Waals surface area contributed by atoms with Gasteiger partial charge < -0.3 is 19.9 Å². The van der Waals surface area contributed by atoms with Crippen molar-refractivity contribution in [1.82, 2.24) is 9.80 Å². The Morgan fingerprint density at radius 2 is 1.86 bits per heavy atom. The van der Waals surface area contributed by atoms with Crippen LogP contribution in [0.25, 0.3) is 0 Å². The number of likely N-dealkylation sites (N-methyl/N-ethyl adjacent to an activating group) is 1. The number of para-hydroxylation sites is 1. The quantitative estimate of drug-likeness (QED) is 0.860. The van der Waals surface area contributed by atoms with E-state index in [1.54, 1.807) is 36.1 Å². The van der Waals surface area contributed by atoms with Crippen LogP contribution in [0, 0.1) is 0 Å². The van der Waals surface area contributed by atoms with E-state index in [-0.39, 0.29) is 6.03 Å². The van der Waals surface area contributed by atoms with Crippen LogP contribution in [0.3, 0.4) is 0 Å². The lowest BCUT2D eigenvalue weighted by Gasteiger charge is -2.32. The third-order valence-electron chi connectivity index (χ3n) is 3.45. The summed E-state index contributed by atoms with van der Waals surface area (Å²) in [7, 11) is 2.03.